The molecule has 112 valence electrons. The van der Waals surface area contributed by atoms with Crippen LogP contribution >= 0.6 is 0 Å². The predicted octanol–water partition coefficient (Wildman–Crippen LogP) is 1.73. The van der Waals surface area contributed by atoms with Gasteiger partial charge in [0.05, 0.1) is 6.10 Å². The molecule has 2 N–H and O–H groups in total. The highest BCUT2D eigenvalue weighted by molar-refractivity contribution is 5.92. The zero-order chi connectivity index (χ0) is 14.7. The molecule has 5 heteroatoms. The SMILES string of the molecule is CCc1oc(C(=O)N2CC[C@@H](OC)C[C@@H]2CN)cc1C. The van der Waals surface area contributed by atoms with Crippen molar-refractivity contribution in [2.24, 2.45) is 5.73 Å². The molecule has 1 fully saturated rings. The van der Waals surface area contributed by atoms with Crippen molar-refractivity contribution in [3.05, 3.63) is 23.2 Å². The third-order valence-electron chi connectivity index (χ3n) is 4.09. The van der Waals surface area contributed by atoms with Gasteiger partial charge in [-0.1, -0.05) is 6.92 Å². The average Bonchev–Trinajstić information content (AvgIpc) is 2.86. The number of hydrogen-bond acceptors (Lipinski definition) is 4. The fraction of sp³-hybridized carbons (Fsp3) is 0.667. The van der Waals surface area contributed by atoms with Gasteiger partial charge in [-0.15, -0.1) is 0 Å². The lowest BCUT2D eigenvalue weighted by Crippen LogP contribution is -2.51. The Balaban J connectivity index is 2.14. The van der Waals surface area contributed by atoms with Crippen LogP contribution < -0.4 is 5.73 Å². The standard InChI is InChI=1S/C15H24N2O3/c1-4-13-10(2)7-14(20-13)15(18)17-6-5-12(19-3)8-11(17)9-16/h7,11-12H,4-6,8-9,16H2,1-3H3/t11-,12-/m1/s1. The Morgan fingerprint density at radius 1 is 1.60 bits per heavy atom. The Kier molecular flexibility index (Phi) is 4.83. The maximum absolute atomic E-state index is 12.6. The summed E-state index contributed by atoms with van der Waals surface area (Å²) in [5.41, 5.74) is 6.84. The fourth-order valence-corrected chi connectivity index (χ4v) is 2.84. The second kappa shape index (κ2) is 6.41. The number of amides is 1. The topological polar surface area (TPSA) is 68.7 Å². The van der Waals surface area contributed by atoms with Crippen LogP contribution in [-0.2, 0) is 11.2 Å². The van der Waals surface area contributed by atoms with Crippen LogP contribution in [0, 0.1) is 6.92 Å². The molecular formula is C15H24N2O3. The molecule has 1 aromatic heterocycles. The largest absolute Gasteiger partial charge is 0.456 e. The van der Waals surface area contributed by atoms with Gasteiger partial charge in [-0.3, -0.25) is 4.79 Å². The first kappa shape index (κ1) is 15.1. The number of carbonyl (C=O) groups excluding carboxylic acids is 1. The Labute approximate surface area is 120 Å². The molecule has 2 heterocycles. The van der Waals surface area contributed by atoms with Crippen LogP contribution in [0.4, 0.5) is 0 Å². The van der Waals surface area contributed by atoms with Crippen LogP contribution in [0.5, 0.6) is 0 Å². The molecule has 20 heavy (non-hydrogen) atoms. The first-order valence-electron chi connectivity index (χ1n) is 7.23. The molecule has 1 saturated heterocycles. The number of ether oxygens (including phenoxy) is 1. The van der Waals surface area contributed by atoms with E-state index >= 15 is 0 Å². The van der Waals surface area contributed by atoms with Crippen molar-refractivity contribution in [3.63, 3.8) is 0 Å². The van der Waals surface area contributed by atoms with E-state index in [4.69, 9.17) is 14.9 Å². The molecule has 0 bridgehead atoms. The van der Waals surface area contributed by atoms with Gasteiger partial charge in [-0.05, 0) is 31.4 Å². The Bertz CT molecular complexity index is 470. The van der Waals surface area contributed by atoms with E-state index in [2.05, 4.69) is 0 Å². The van der Waals surface area contributed by atoms with Crippen molar-refractivity contribution < 1.29 is 13.9 Å². The van der Waals surface area contributed by atoms with E-state index in [1.807, 2.05) is 24.8 Å². The number of furan rings is 1. The molecule has 1 amide bonds. The number of piperidine rings is 1. The smallest absolute Gasteiger partial charge is 0.289 e. The van der Waals surface area contributed by atoms with E-state index in [9.17, 15) is 4.79 Å². The van der Waals surface area contributed by atoms with Crippen LogP contribution in [0.1, 0.15) is 41.6 Å². The van der Waals surface area contributed by atoms with Gasteiger partial charge in [0.2, 0.25) is 0 Å². The summed E-state index contributed by atoms with van der Waals surface area (Å²) in [6, 6.07) is 1.86. The van der Waals surface area contributed by atoms with E-state index in [-0.39, 0.29) is 18.1 Å². The lowest BCUT2D eigenvalue weighted by atomic mass is 9.99. The third kappa shape index (κ3) is 2.88. The number of nitrogens with two attached hydrogens (primary N) is 1. The van der Waals surface area contributed by atoms with E-state index in [0.717, 1.165) is 30.6 Å². The molecule has 0 radical (unpaired) electrons. The van der Waals surface area contributed by atoms with Crippen LogP contribution in [0.2, 0.25) is 0 Å². The van der Waals surface area contributed by atoms with Crippen molar-refractivity contribution in [2.45, 2.75) is 45.3 Å². The third-order valence-corrected chi connectivity index (χ3v) is 4.09. The summed E-state index contributed by atoms with van der Waals surface area (Å²) >= 11 is 0. The minimum Gasteiger partial charge on any atom is -0.456 e. The highest BCUT2D eigenvalue weighted by atomic mass is 16.5. The summed E-state index contributed by atoms with van der Waals surface area (Å²) in [6.07, 6.45) is 2.63. The summed E-state index contributed by atoms with van der Waals surface area (Å²) in [6.45, 7) is 5.11. The summed E-state index contributed by atoms with van der Waals surface area (Å²) < 4.78 is 11.0. The van der Waals surface area contributed by atoms with Gasteiger partial charge in [0.25, 0.3) is 5.91 Å². The fourth-order valence-electron chi connectivity index (χ4n) is 2.84. The predicted molar refractivity (Wildman–Crippen MR) is 76.7 cm³/mol. The molecule has 1 aliphatic heterocycles. The lowest BCUT2D eigenvalue weighted by molar-refractivity contribution is 0.0123. The molecule has 0 saturated carbocycles. The van der Waals surface area contributed by atoms with Crippen molar-refractivity contribution in [1.82, 2.24) is 4.90 Å². The second-order valence-corrected chi connectivity index (χ2v) is 5.34. The molecule has 2 atom stereocenters. The minimum atomic E-state index is -0.0576. The van der Waals surface area contributed by atoms with Gasteiger partial charge in [0.1, 0.15) is 5.76 Å². The Morgan fingerprint density at radius 2 is 2.35 bits per heavy atom. The maximum atomic E-state index is 12.6. The van der Waals surface area contributed by atoms with E-state index < -0.39 is 0 Å². The molecule has 1 aliphatic rings. The second-order valence-electron chi connectivity index (χ2n) is 5.34. The highest BCUT2D eigenvalue weighted by Gasteiger charge is 2.32. The van der Waals surface area contributed by atoms with E-state index in [1.54, 1.807) is 7.11 Å². The van der Waals surface area contributed by atoms with E-state index in [1.165, 1.54) is 0 Å². The van der Waals surface area contributed by atoms with Gasteiger partial charge in [-0.2, -0.15) is 0 Å². The quantitative estimate of drug-likeness (QED) is 0.912. The molecule has 1 aromatic rings. The Morgan fingerprint density at radius 3 is 2.90 bits per heavy atom. The lowest BCUT2D eigenvalue weighted by Gasteiger charge is -2.38. The number of methoxy groups -OCH3 is 1. The van der Waals surface area contributed by atoms with Crippen molar-refractivity contribution in [3.8, 4) is 0 Å². The summed E-state index contributed by atoms with van der Waals surface area (Å²) in [4.78, 5) is 14.4. The van der Waals surface area contributed by atoms with Crippen molar-refractivity contribution >= 4 is 5.91 Å². The zero-order valence-electron chi connectivity index (χ0n) is 12.5. The maximum Gasteiger partial charge on any atom is 0.289 e. The average molecular weight is 280 g/mol. The highest BCUT2D eigenvalue weighted by Crippen LogP contribution is 2.23. The molecule has 0 unspecified atom stereocenters. The zero-order valence-corrected chi connectivity index (χ0v) is 12.5. The van der Waals surface area contributed by atoms with Gasteiger partial charge < -0.3 is 19.8 Å². The van der Waals surface area contributed by atoms with Gasteiger partial charge in [0, 0.05) is 32.7 Å². The summed E-state index contributed by atoms with van der Waals surface area (Å²) in [7, 11) is 1.71. The van der Waals surface area contributed by atoms with Crippen LogP contribution in [-0.4, -0.2) is 43.2 Å². The van der Waals surface area contributed by atoms with Gasteiger partial charge in [0.15, 0.2) is 5.76 Å². The minimum absolute atomic E-state index is 0.0247. The molecule has 0 aromatic carbocycles. The van der Waals surface area contributed by atoms with Gasteiger partial charge in [-0.25, -0.2) is 0 Å². The first-order chi connectivity index (χ1) is 9.60. The van der Waals surface area contributed by atoms with E-state index in [0.29, 0.717) is 18.8 Å². The normalized spacial score (nSPS) is 23.1. The number of aryl methyl sites for hydroxylation is 2. The van der Waals surface area contributed by atoms with Gasteiger partial charge >= 0.3 is 0 Å². The number of rotatable bonds is 4. The molecule has 0 aliphatic carbocycles. The summed E-state index contributed by atoms with van der Waals surface area (Å²) in [5.74, 6) is 1.25. The Hall–Kier alpha value is -1.33. The van der Waals surface area contributed by atoms with Crippen molar-refractivity contribution in [1.29, 1.82) is 0 Å². The number of carbonyl (C=O) groups is 1. The van der Waals surface area contributed by atoms with Crippen molar-refractivity contribution in [2.75, 3.05) is 20.2 Å². The molecule has 2 rings (SSSR count). The van der Waals surface area contributed by atoms with Crippen LogP contribution in [0.3, 0.4) is 0 Å². The number of likely N-dealkylation sites (tertiary alicyclic amines) is 1. The monoisotopic (exact) mass is 280 g/mol. The molecule has 5 nitrogen and oxygen atoms in total. The molecule has 0 spiro atoms. The molecular weight excluding hydrogens is 256 g/mol. The summed E-state index contributed by atoms with van der Waals surface area (Å²) in [5, 5.41) is 0. The van der Waals surface area contributed by atoms with Crippen LogP contribution in [0.25, 0.3) is 0 Å². The van der Waals surface area contributed by atoms with Crippen LogP contribution in [0.15, 0.2) is 10.5 Å². The number of hydrogen-bond donors (Lipinski definition) is 1. The number of nitrogens with zero attached hydrogens (tertiary/aromatic N) is 1. The first-order valence-corrected chi connectivity index (χ1v) is 7.23.